The van der Waals surface area contributed by atoms with Crippen LogP contribution < -0.4 is 9.62 Å². The summed E-state index contributed by atoms with van der Waals surface area (Å²) in [6, 6.07) is 5.57. The second-order valence-electron chi connectivity index (χ2n) is 6.02. The average molecular weight is 391 g/mol. The molecule has 0 heterocycles. The predicted octanol–water partition coefficient (Wildman–Crippen LogP) is 2.82. The summed E-state index contributed by atoms with van der Waals surface area (Å²) >= 11 is 5.87. The first-order valence-corrected chi connectivity index (χ1v) is 10.5. The predicted molar refractivity (Wildman–Crippen MR) is 102 cm³/mol. The highest BCUT2D eigenvalue weighted by Crippen LogP contribution is 2.24. The Kier molecular flexibility index (Phi) is 8.68. The van der Waals surface area contributed by atoms with E-state index in [2.05, 4.69) is 5.32 Å². The molecular weight excluding hydrogens is 364 g/mol. The van der Waals surface area contributed by atoms with Crippen LogP contribution in [0.1, 0.15) is 33.6 Å². The van der Waals surface area contributed by atoms with Gasteiger partial charge in [0.2, 0.25) is 15.9 Å². The van der Waals surface area contributed by atoms with E-state index in [1.807, 2.05) is 13.8 Å². The monoisotopic (exact) mass is 390 g/mol. The number of anilines is 1. The van der Waals surface area contributed by atoms with Crippen LogP contribution in [-0.2, 0) is 19.6 Å². The SMILES string of the molecule is CC[C@H](C(=O)NCCCOC(C)C)N(c1ccc(Cl)cc1)S(C)(=O)=O. The zero-order chi connectivity index (χ0) is 19.0. The zero-order valence-electron chi connectivity index (χ0n) is 15.2. The van der Waals surface area contributed by atoms with E-state index < -0.39 is 16.1 Å². The third kappa shape index (κ3) is 7.22. The minimum absolute atomic E-state index is 0.143. The second kappa shape index (κ2) is 9.99. The molecule has 1 amide bonds. The first-order chi connectivity index (χ1) is 11.7. The maximum absolute atomic E-state index is 12.5. The lowest BCUT2D eigenvalue weighted by Crippen LogP contribution is -2.49. The fraction of sp³-hybridized carbons (Fsp3) is 0.588. The molecule has 0 saturated carbocycles. The number of benzene rings is 1. The van der Waals surface area contributed by atoms with Crippen LogP contribution >= 0.6 is 11.6 Å². The molecule has 1 atom stereocenters. The van der Waals surface area contributed by atoms with E-state index in [0.29, 0.717) is 36.7 Å². The highest BCUT2D eigenvalue weighted by Gasteiger charge is 2.31. The van der Waals surface area contributed by atoms with Gasteiger partial charge in [-0.25, -0.2) is 8.42 Å². The molecule has 1 N–H and O–H groups in total. The Morgan fingerprint density at radius 3 is 2.36 bits per heavy atom. The molecule has 1 aromatic rings. The van der Waals surface area contributed by atoms with Gasteiger partial charge in [0, 0.05) is 18.2 Å². The molecule has 0 bridgehead atoms. The molecule has 142 valence electrons. The van der Waals surface area contributed by atoms with Crippen molar-refractivity contribution < 1.29 is 17.9 Å². The second-order valence-corrected chi connectivity index (χ2v) is 8.32. The molecule has 0 fully saturated rings. The molecule has 0 radical (unpaired) electrons. The van der Waals surface area contributed by atoms with Crippen molar-refractivity contribution in [2.75, 3.05) is 23.7 Å². The van der Waals surface area contributed by atoms with Crippen molar-refractivity contribution in [3.05, 3.63) is 29.3 Å². The van der Waals surface area contributed by atoms with Gasteiger partial charge < -0.3 is 10.1 Å². The van der Waals surface area contributed by atoms with Gasteiger partial charge in [0.1, 0.15) is 6.04 Å². The van der Waals surface area contributed by atoms with Crippen LogP contribution in [0.4, 0.5) is 5.69 Å². The standard InChI is InChI=1S/C17H27ClN2O4S/c1-5-16(17(21)19-11-6-12-24-13(2)3)20(25(4,22)23)15-9-7-14(18)8-10-15/h7-10,13,16H,5-6,11-12H2,1-4H3,(H,19,21)/t16-/m1/s1. The molecule has 0 aliphatic rings. The maximum atomic E-state index is 12.5. The van der Waals surface area contributed by atoms with Crippen molar-refractivity contribution >= 4 is 33.2 Å². The molecule has 1 rings (SSSR count). The van der Waals surface area contributed by atoms with Crippen LogP contribution in [0.5, 0.6) is 0 Å². The lowest BCUT2D eigenvalue weighted by atomic mass is 10.2. The van der Waals surface area contributed by atoms with E-state index >= 15 is 0 Å². The fourth-order valence-electron chi connectivity index (χ4n) is 2.37. The number of carbonyl (C=O) groups is 1. The minimum atomic E-state index is -3.63. The molecule has 0 spiro atoms. The van der Waals surface area contributed by atoms with E-state index in [1.54, 1.807) is 31.2 Å². The Morgan fingerprint density at radius 1 is 1.28 bits per heavy atom. The number of ether oxygens (including phenoxy) is 1. The fourth-order valence-corrected chi connectivity index (χ4v) is 3.71. The van der Waals surface area contributed by atoms with Gasteiger partial charge in [-0.2, -0.15) is 0 Å². The van der Waals surface area contributed by atoms with Crippen LogP contribution in [0, 0.1) is 0 Å². The van der Waals surface area contributed by atoms with Crippen molar-refractivity contribution in [1.82, 2.24) is 5.32 Å². The van der Waals surface area contributed by atoms with Crippen molar-refractivity contribution in [2.24, 2.45) is 0 Å². The van der Waals surface area contributed by atoms with E-state index in [1.165, 1.54) is 0 Å². The largest absolute Gasteiger partial charge is 0.379 e. The lowest BCUT2D eigenvalue weighted by Gasteiger charge is -2.30. The number of hydrogen-bond acceptors (Lipinski definition) is 4. The summed E-state index contributed by atoms with van der Waals surface area (Å²) < 4.78 is 31.1. The Hall–Kier alpha value is -1.31. The normalized spacial score (nSPS) is 12.9. The van der Waals surface area contributed by atoms with Gasteiger partial charge in [0.25, 0.3) is 0 Å². The van der Waals surface area contributed by atoms with Crippen molar-refractivity contribution in [3.63, 3.8) is 0 Å². The quantitative estimate of drug-likeness (QED) is 0.623. The third-order valence-corrected chi connectivity index (χ3v) is 4.91. The molecule has 0 aliphatic heterocycles. The van der Waals surface area contributed by atoms with Crippen LogP contribution in [0.3, 0.4) is 0 Å². The van der Waals surface area contributed by atoms with Gasteiger partial charge in [-0.3, -0.25) is 9.10 Å². The number of nitrogens with zero attached hydrogens (tertiary/aromatic N) is 1. The zero-order valence-corrected chi connectivity index (χ0v) is 16.7. The third-order valence-electron chi connectivity index (χ3n) is 3.48. The van der Waals surface area contributed by atoms with Crippen molar-refractivity contribution in [2.45, 2.75) is 45.8 Å². The van der Waals surface area contributed by atoms with E-state index in [0.717, 1.165) is 10.6 Å². The smallest absolute Gasteiger partial charge is 0.243 e. The molecule has 0 unspecified atom stereocenters. The highest BCUT2D eigenvalue weighted by molar-refractivity contribution is 7.92. The van der Waals surface area contributed by atoms with E-state index in [9.17, 15) is 13.2 Å². The summed E-state index contributed by atoms with van der Waals surface area (Å²) in [5.41, 5.74) is 0.414. The molecule has 0 aliphatic carbocycles. The molecule has 1 aromatic carbocycles. The van der Waals surface area contributed by atoms with Crippen LogP contribution in [0.15, 0.2) is 24.3 Å². The average Bonchev–Trinajstić information content (AvgIpc) is 2.51. The summed E-state index contributed by atoms with van der Waals surface area (Å²) in [5.74, 6) is -0.326. The highest BCUT2D eigenvalue weighted by atomic mass is 35.5. The summed E-state index contributed by atoms with van der Waals surface area (Å²) in [5, 5.41) is 3.29. The summed E-state index contributed by atoms with van der Waals surface area (Å²) in [7, 11) is -3.63. The van der Waals surface area contributed by atoms with Crippen molar-refractivity contribution in [3.8, 4) is 0 Å². The van der Waals surface area contributed by atoms with Crippen LogP contribution in [-0.4, -0.2) is 45.9 Å². The molecule has 8 heteroatoms. The number of hydrogen-bond donors (Lipinski definition) is 1. The van der Waals surface area contributed by atoms with E-state index in [4.69, 9.17) is 16.3 Å². The number of amides is 1. The Bertz CT molecular complexity index is 647. The molecule has 0 saturated heterocycles. The minimum Gasteiger partial charge on any atom is -0.379 e. The Morgan fingerprint density at radius 2 is 1.88 bits per heavy atom. The number of sulfonamides is 1. The molecule has 6 nitrogen and oxygen atoms in total. The maximum Gasteiger partial charge on any atom is 0.243 e. The summed E-state index contributed by atoms with van der Waals surface area (Å²) in [4.78, 5) is 12.5. The number of halogens is 1. The van der Waals surface area contributed by atoms with Gasteiger partial charge in [-0.1, -0.05) is 18.5 Å². The molecule has 25 heavy (non-hydrogen) atoms. The van der Waals surface area contributed by atoms with Crippen LogP contribution in [0.25, 0.3) is 0 Å². The summed E-state index contributed by atoms with van der Waals surface area (Å²) in [6.45, 7) is 6.64. The van der Waals surface area contributed by atoms with Gasteiger partial charge in [0.05, 0.1) is 18.0 Å². The van der Waals surface area contributed by atoms with Gasteiger partial charge >= 0.3 is 0 Å². The van der Waals surface area contributed by atoms with Gasteiger partial charge in [-0.05, 0) is 51.0 Å². The topological polar surface area (TPSA) is 75.7 Å². The van der Waals surface area contributed by atoms with Crippen molar-refractivity contribution in [1.29, 1.82) is 0 Å². The molecule has 0 aromatic heterocycles. The lowest BCUT2D eigenvalue weighted by molar-refractivity contribution is -0.122. The Balaban J connectivity index is 2.84. The van der Waals surface area contributed by atoms with Gasteiger partial charge in [-0.15, -0.1) is 0 Å². The number of carbonyl (C=O) groups excluding carboxylic acids is 1. The Labute approximate surface area is 155 Å². The van der Waals surface area contributed by atoms with Crippen LogP contribution in [0.2, 0.25) is 5.02 Å². The molecular formula is C17H27ClN2O4S. The summed E-state index contributed by atoms with van der Waals surface area (Å²) in [6.07, 6.45) is 2.25. The van der Waals surface area contributed by atoms with E-state index in [-0.39, 0.29) is 12.0 Å². The number of nitrogens with one attached hydrogen (secondary N) is 1. The first kappa shape index (κ1) is 21.7. The van der Waals surface area contributed by atoms with Gasteiger partial charge in [0.15, 0.2) is 0 Å². The number of rotatable bonds is 10. The first-order valence-electron chi connectivity index (χ1n) is 8.31.